The van der Waals surface area contributed by atoms with Crippen LogP contribution in [0.25, 0.3) is 156 Å². The Morgan fingerprint density at radius 2 is 0.816 bits per heavy atom. The van der Waals surface area contributed by atoms with Crippen LogP contribution in [0.5, 0.6) is 0 Å². The number of para-hydroxylation sites is 2. The Morgan fingerprint density at radius 3 is 1.29 bits per heavy atom. The lowest BCUT2D eigenvalue weighted by Gasteiger charge is -2.14. The lowest BCUT2D eigenvalue weighted by Crippen LogP contribution is -2.06. The third kappa shape index (κ3) is 14.7. The second-order valence-corrected chi connectivity index (χ2v) is 27.8. The Bertz CT molecular complexity index is 6990. The number of nitrogens with one attached hydrogen (secondary N) is 2. The first kappa shape index (κ1) is 72.8. The molecule has 0 aliphatic heterocycles. The van der Waals surface area contributed by atoms with Gasteiger partial charge in [0.05, 0.1) is 55.5 Å². The van der Waals surface area contributed by atoms with Crippen molar-refractivity contribution in [2.24, 2.45) is 0 Å². The van der Waals surface area contributed by atoms with Crippen LogP contribution in [0.3, 0.4) is 0 Å². The van der Waals surface area contributed by atoms with Gasteiger partial charge in [-0.3, -0.25) is 19.9 Å². The van der Waals surface area contributed by atoms with Gasteiger partial charge in [-0.2, -0.15) is 0 Å². The van der Waals surface area contributed by atoms with Crippen molar-refractivity contribution in [3.63, 3.8) is 0 Å². The predicted octanol–water partition coefficient (Wildman–Crippen LogP) is 22.3. The van der Waals surface area contributed by atoms with Crippen LogP contribution in [0.4, 0.5) is 24.5 Å². The number of pyridine rings is 6. The second kappa shape index (κ2) is 32.1. The molecule has 0 unspecified atom stereocenters. The molecule has 20 aromatic rings. The average Bonchev–Trinajstić information content (AvgIpc) is 1.41. The SMILES string of the molecule is CNc1ccc2nc(-c3cccc(Cl)c3)nc(-n3ccc4cnccc43)c2c1.COCCCNc1ccc2nc(-c3cccc(Cl)c3)nc(-n3ccc4cnccc43)c2c1.Cc1cccc(-c2nc3ccccc3c(-n3ccc4cnccc43)c2F)c1.Fc1ccc(-c2nc3ccccc3c(-n3ccc4cnccc43)c2F)cc1. The van der Waals surface area contributed by atoms with Crippen molar-refractivity contribution in [1.82, 2.24) is 68.1 Å². The Hall–Kier alpha value is -14.1. The van der Waals surface area contributed by atoms with E-state index in [1.54, 1.807) is 44.3 Å². The Labute approximate surface area is 661 Å². The average molecular weight is 1540 g/mol. The van der Waals surface area contributed by atoms with Crippen LogP contribution in [0.1, 0.15) is 12.0 Å². The van der Waals surface area contributed by atoms with Gasteiger partial charge in [-0.25, -0.2) is 43.1 Å². The summed E-state index contributed by atoms with van der Waals surface area (Å²) in [4.78, 5) is 45.4. The molecule has 0 aliphatic rings. The Kier molecular flexibility index (Phi) is 20.5. The summed E-state index contributed by atoms with van der Waals surface area (Å²) in [5, 5.41) is 15.4. The number of anilines is 2. The van der Waals surface area contributed by atoms with Gasteiger partial charge in [-0.05, 0) is 165 Å². The van der Waals surface area contributed by atoms with Gasteiger partial charge in [0.15, 0.2) is 23.3 Å². The fourth-order valence-corrected chi connectivity index (χ4v) is 14.5. The van der Waals surface area contributed by atoms with Gasteiger partial charge in [-0.15, -0.1) is 0 Å². The number of fused-ring (bicyclic) bond motifs is 8. The molecule has 12 heterocycles. The quantitative estimate of drug-likeness (QED) is 0.0982. The minimum absolute atomic E-state index is 0.194. The van der Waals surface area contributed by atoms with Gasteiger partial charge in [0.2, 0.25) is 0 Å². The maximum Gasteiger partial charge on any atom is 0.174 e. The van der Waals surface area contributed by atoms with E-state index in [9.17, 15) is 4.39 Å². The number of nitrogens with zero attached hydrogens (tertiary/aromatic N) is 14. The van der Waals surface area contributed by atoms with Crippen LogP contribution in [0.2, 0.25) is 10.0 Å². The maximum absolute atomic E-state index is 15.8. The van der Waals surface area contributed by atoms with Crippen LogP contribution in [0.15, 0.2) is 305 Å². The molecule has 114 heavy (non-hydrogen) atoms. The summed E-state index contributed by atoms with van der Waals surface area (Å²) in [5.41, 5.74) is 14.7. The molecule has 12 aromatic heterocycles. The van der Waals surface area contributed by atoms with E-state index in [2.05, 4.69) is 61.8 Å². The lowest BCUT2D eigenvalue weighted by atomic mass is 10.0. The van der Waals surface area contributed by atoms with Crippen LogP contribution in [0, 0.1) is 24.4 Å². The van der Waals surface area contributed by atoms with Gasteiger partial charge in [-0.1, -0.05) is 108 Å². The fraction of sp³-hybridized carbons (Fsp3) is 0.0652. The van der Waals surface area contributed by atoms with Crippen molar-refractivity contribution < 1.29 is 17.9 Å². The zero-order chi connectivity index (χ0) is 77.8. The highest BCUT2D eigenvalue weighted by molar-refractivity contribution is 6.31. The Balaban J connectivity index is 0.000000110. The first-order valence-corrected chi connectivity index (χ1v) is 37.4. The van der Waals surface area contributed by atoms with Crippen molar-refractivity contribution in [2.45, 2.75) is 13.3 Å². The molecule has 556 valence electrons. The smallest absolute Gasteiger partial charge is 0.174 e. The first-order valence-electron chi connectivity index (χ1n) is 36.6. The van der Waals surface area contributed by atoms with E-state index in [1.165, 1.54) is 24.3 Å². The summed E-state index contributed by atoms with van der Waals surface area (Å²) in [6, 6.07) is 71.7. The number of methoxy groups -OCH3 is 1. The number of halogens is 5. The van der Waals surface area contributed by atoms with Crippen LogP contribution < -0.4 is 10.6 Å². The van der Waals surface area contributed by atoms with Gasteiger partial charge in [0.1, 0.15) is 28.8 Å². The lowest BCUT2D eigenvalue weighted by molar-refractivity contribution is 0.198. The van der Waals surface area contributed by atoms with Gasteiger partial charge < -0.3 is 33.6 Å². The molecule has 0 atom stereocenters. The van der Waals surface area contributed by atoms with E-state index in [0.717, 1.165) is 141 Å². The van der Waals surface area contributed by atoms with Crippen molar-refractivity contribution in [3.8, 4) is 68.3 Å². The minimum Gasteiger partial charge on any atom is -0.388 e. The first-order chi connectivity index (χ1) is 55.9. The van der Waals surface area contributed by atoms with Gasteiger partial charge in [0.25, 0.3) is 0 Å². The van der Waals surface area contributed by atoms with Crippen LogP contribution in [-0.4, -0.2) is 95.4 Å². The molecule has 0 amide bonds. The topological polar surface area (TPSA) is 182 Å². The highest BCUT2D eigenvalue weighted by atomic mass is 35.5. The fourth-order valence-electron chi connectivity index (χ4n) is 14.1. The van der Waals surface area contributed by atoms with E-state index in [-0.39, 0.29) is 17.3 Å². The summed E-state index contributed by atoms with van der Waals surface area (Å²) in [6.45, 7) is 3.55. The number of hydrogen-bond donors (Lipinski definition) is 2. The monoisotopic (exact) mass is 1540 g/mol. The summed E-state index contributed by atoms with van der Waals surface area (Å²) in [6.07, 6.45) is 22.9. The van der Waals surface area contributed by atoms with Crippen LogP contribution in [-0.2, 0) is 4.74 Å². The maximum atomic E-state index is 15.8. The summed E-state index contributed by atoms with van der Waals surface area (Å²) in [7, 11) is 3.62. The molecule has 0 bridgehead atoms. The molecule has 22 heteroatoms. The third-order valence-corrected chi connectivity index (χ3v) is 20.1. The van der Waals surface area contributed by atoms with Crippen molar-refractivity contribution >= 4 is 122 Å². The number of ether oxygens (including phenoxy) is 1. The van der Waals surface area contributed by atoms with E-state index in [0.29, 0.717) is 55.2 Å². The van der Waals surface area contributed by atoms with E-state index < -0.39 is 5.82 Å². The van der Waals surface area contributed by atoms with E-state index in [1.807, 2.05) is 254 Å². The minimum atomic E-state index is -0.449. The van der Waals surface area contributed by atoms with Crippen LogP contribution >= 0.6 is 23.2 Å². The van der Waals surface area contributed by atoms with Crippen molar-refractivity contribution in [1.29, 1.82) is 0 Å². The molecule has 8 aromatic carbocycles. The van der Waals surface area contributed by atoms with Crippen molar-refractivity contribution in [2.75, 3.05) is 37.9 Å². The van der Waals surface area contributed by atoms with Gasteiger partial charge >= 0.3 is 0 Å². The zero-order valence-corrected chi connectivity index (χ0v) is 63.1. The number of aryl methyl sites for hydroxylation is 1. The summed E-state index contributed by atoms with van der Waals surface area (Å²) >= 11 is 12.4. The number of aromatic nitrogens is 14. The number of benzene rings is 8. The molecule has 0 fully saturated rings. The Morgan fingerprint density at radius 1 is 0.386 bits per heavy atom. The molecule has 0 aliphatic carbocycles. The highest BCUT2D eigenvalue weighted by Crippen LogP contribution is 2.38. The van der Waals surface area contributed by atoms with Crippen molar-refractivity contribution in [3.05, 3.63) is 338 Å². The molecular formula is C92H67Cl2F3N16O. The zero-order valence-electron chi connectivity index (χ0n) is 61.5. The van der Waals surface area contributed by atoms with E-state index in [4.69, 9.17) is 47.9 Å². The summed E-state index contributed by atoms with van der Waals surface area (Å²) in [5.74, 6) is 1.75. The molecule has 0 saturated carbocycles. The molecule has 17 nitrogen and oxygen atoms in total. The molecular weight excluding hydrogens is 1470 g/mol. The largest absolute Gasteiger partial charge is 0.388 e. The van der Waals surface area contributed by atoms with E-state index >= 15 is 8.78 Å². The van der Waals surface area contributed by atoms with Gasteiger partial charge in [0, 0.05) is 188 Å². The highest BCUT2D eigenvalue weighted by Gasteiger charge is 2.23. The molecule has 0 saturated heterocycles. The molecule has 0 radical (unpaired) electrons. The third-order valence-electron chi connectivity index (χ3n) is 19.6. The molecule has 2 N–H and O–H groups in total. The standard InChI is InChI=1S/C25H22ClN5O.C23H16FN3.C22H16ClN5.C22H13F2N3/c1-32-13-3-10-28-20-6-7-22-21(15-20)25(31-12-9-18-16-27-11-8-23(18)31)30-24(29-22)17-4-2-5-19(26)14-17;1-15-5-4-6-16(13-15)22-21(24)23(18-7-2-3-8-19(18)26-22)27-12-10-17-14-25-11-9-20(17)27;1-24-17-5-6-19-18(12-17)22(28-10-8-15-13-25-9-7-20(15)28)27-21(26-19)14-3-2-4-16(23)11-14;23-16-7-5-14(6-8-16)21-20(24)22(17-3-1-2-4-18(17)26-21)27-12-10-15-13-25-11-9-19(15)27/h2,4-9,11-12,14-16,28H,3,10,13H2,1H3;2-14H,1H3;2-13,24H,1H3;1-13H. The molecule has 20 rings (SSSR count). The number of rotatable bonds is 14. The normalized spacial score (nSPS) is 11.3. The predicted molar refractivity (Wildman–Crippen MR) is 452 cm³/mol. The second-order valence-electron chi connectivity index (χ2n) is 26.9. The number of hydrogen-bond acceptors (Lipinski definition) is 13. The molecule has 0 spiro atoms. The summed E-state index contributed by atoms with van der Waals surface area (Å²) < 4.78 is 57.8.